The number of benzene rings is 9. The molecule has 0 bridgehead atoms. The Kier molecular flexibility index (Phi) is 7.49. The highest BCUT2D eigenvalue weighted by molar-refractivity contribution is 6.10. The van der Waals surface area contributed by atoms with Crippen molar-refractivity contribution < 1.29 is 4.42 Å². The third-order valence-corrected chi connectivity index (χ3v) is 13.0. The molecule has 11 aromatic rings. The molecule has 9 aromatic carbocycles. The van der Waals surface area contributed by atoms with Crippen LogP contribution in [0.2, 0.25) is 0 Å². The Morgan fingerprint density at radius 3 is 1.32 bits per heavy atom. The molecule has 0 N–H and O–H groups in total. The van der Waals surface area contributed by atoms with Crippen molar-refractivity contribution >= 4 is 21.9 Å². The highest BCUT2D eigenvalue weighted by atomic mass is 16.3. The van der Waals surface area contributed by atoms with Crippen LogP contribution < -0.4 is 0 Å². The molecule has 0 aliphatic heterocycles. The predicted octanol–water partition coefficient (Wildman–Crippen LogP) is 14.4. The van der Waals surface area contributed by atoms with Gasteiger partial charge in [-0.25, -0.2) is 15.0 Å². The van der Waals surface area contributed by atoms with E-state index >= 15 is 0 Å². The standard InChI is InChI=1S/C58H35N3O/c1-3-14-38(15-4-1)55-59-56(39-16-5-2-6-17-39)61-57(60-55)47-22-13-21-46-48-34-40(31-33-53(48)62-54(46)47)36-26-28-37(29-27-36)41-30-32-45-44-20-9-12-25-51(44)58(52(45)35-41)49-23-10-7-18-42(49)43-19-8-11-24-50(43)58/h1-35H. The van der Waals surface area contributed by atoms with Crippen molar-refractivity contribution in [3.8, 4) is 78.7 Å². The minimum Gasteiger partial charge on any atom is -0.455 e. The van der Waals surface area contributed by atoms with Gasteiger partial charge in [0.25, 0.3) is 0 Å². The van der Waals surface area contributed by atoms with Crippen molar-refractivity contribution in [2.24, 2.45) is 0 Å². The summed E-state index contributed by atoms with van der Waals surface area (Å²) in [5.41, 5.74) is 19.2. The molecular weight excluding hydrogens is 755 g/mol. The maximum Gasteiger partial charge on any atom is 0.167 e. The summed E-state index contributed by atoms with van der Waals surface area (Å²) in [6, 6.07) is 75.8. The van der Waals surface area contributed by atoms with Crippen LogP contribution in [0.25, 0.3) is 101 Å². The van der Waals surface area contributed by atoms with Crippen LogP contribution in [-0.2, 0) is 5.41 Å². The summed E-state index contributed by atoms with van der Waals surface area (Å²) < 4.78 is 6.64. The Hall–Kier alpha value is -8.21. The maximum atomic E-state index is 6.64. The first-order chi connectivity index (χ1) is 30.7. The fourth-order valence-electron chi connectivity index (χ4n) is 10.2. The van der Waals surface area contributed by atoms with E-state index in [0.717, 1.165) is 49.8 Å². The summed E-state index contributed by atoms with van der Waals surface area (Å²) >= 11 is 0. The van der Waals surface area contributed by atoms with Crippen molar-refractivity contribution in [2.75, 3.05) is 0 Å². The molecule has 2 aromatic heterocycles. The van der Waals surface area contributed by atoms with Gasteiger partial charge in [0.1, 0.15) is 11.2 Å². The van der Waals surface area contributed by atoms with E-state index in [4.69, 9.17) is 19.4 Å². The highest BCUT2D eigenvalue weighted by Gasteiger charge is 2.51. The monoisotopic (exact) mass is 789 g/mol. The minimum absolute atomic E-state index is 0.365. The molecule has 0 saturated carbocycles. The van der Waals surface area contributed by atoms with E-state index in [1.54, 1.807) is 0 Å². The maximum absolute atomic E-state index is 6.64. The van der Waals surface area contributed by atoms with Gasteiger partial charge in [-0.2, -0.15) is 0 Å². The van der Waals surface area contributed by atoms with Crippen LogP contribution in [0.5, 0.6) is 0 Å². The third-order valence-electron chi connectivity index (χ3n) is 13.0. The average molecular weight is 790 g/mol. The molecule has 2 heterocycles. The molecule has 0 unspecified atom stereocenters. The number of aromatic nitrogens is 3. The van der Waals surface area contributed by atoms with Gasteiger partial charge in [-0.15, -0.1) is 0 Å². The van der Waals surface area contributed by atoms with Gasteiger partial charge in [-0.1, -0.05) is 188 Å². The zero-order valence-electron chi connectivity index (χ0n) is 33.5. The zero-order chi connectivity index (χ0) is 40.8. The Morgan fingerprint density at radius 1 is 0.290 bits per heavy atom. The average Bonchev–Trinajstić information content (AvgIpc) is 3.98. The molecule has 2 aliphatic rings. The minimum atomic E-state index is -0.365. The van der Waals surface area contributed by atoms with Crippen LogP contribution in [0.1, 0.15) is 22.3 Å². The van der Waals surface area contributed by atoms with Gasteiger partial charge < -0.3 is 4.42 Å². The second kappa shape index (κ2) is 13.4. The molecule has 0 fully saturated rings. The first-order valence-electron chi connectivity index (χ1n) is 21.1. The Balaban J connectivity index is 0.885. The second-order valence-corrected chi connectivity index (χ2v) is 16.3. The Labute approximate surface area is 358 Å². The summed E-state index contributed by atoms with van der Waals surface area (Å²) in [4.78, 5) is 14.9. The van der Waals surface area contributed by atoms with E-state index < -0.39 is 0 Å². The summed E-state index contributed by atoms with van der Waals surface area (Å²) in [5, 5.41) is 2.06. The van der Waals surface area contributed by atoms with Crippen molar-refractivity contribution in [1.82, 2.24) is 15.0 Å². The van der Waals surface area contributed by atoms with E-state index in [-0.39, 0.29) is 5.41 Å². The molecule has 4 nitrogen and oxygen atoms in total. The van der Waals surface area contributed by atoms with E-state index in [1.165, 1.54) is 55.6 Å². The van der Waals surface area contributed by atoms with Crippen molar-refractivity contribution in [3.05, 3.63) is 235 Å². The Bertz CT molecular complexity index is 3450. The molecule has 0 saturated heterocycles. The van der Waals surface area contributed by atoms with E-state index in [0.29, 0.717) is 17.5 Å². The molecule has 62 heavy (non-hydrogen) atoms. The number of furan rings is 1. The smallest absolute Gasteiger partial charge is 0.167 e. The summed E-state index contributed by atoms with van der Waals surface area (Å²) in [6.07, 6.45) is 0. The molecule has 0 atom stereocenters. The van der Waals surface area contributed by atoms with Gasteiger partial charge in [-0.05, 0) is 91.0 Å². The molecule has 0 amide bonds. The number of rotatable bonds is 5. The molecule has 1 spiro atoms. The quantitative estimate of drug-likeness (QED) is 0.174. The summed E-state index contributed by atoms with van der Waals surface area (Å²) in [5.74, 6) is 1.81. The largest absolute Gasteiger partial charge is 0.455 e. The molecule has 13 rings (SSSR count). The van der Waals surface area contributed by atoms with E-state index in [2.05, 4.69) is 146 Å². The fourth-order valence-corrected chi connectivity index (χ4v) is 10.2. The van der Waals surface area contributed by atoms with Crippen LogP contribution in [-0.4, -0.2) is 15.0 Å². The van der Waals surface area contributed by atoms with Crippen LogP contribution in [0, 0.1) is 0 Å². The van der Waals surface area contributed by atoms with Crippen molar-refractivity contribution in [3.63, 3.8) is 0 Å². The van der Waals surface area contributed by atoms with Gasteiger partial charge in [0, 0.05) is 21.9 Å². The third kappa shape index (κ3) is 5.04. The van der Waals surface area contributed by atoms with Crippen molar-refractivity contribution in [1.29, 1.82) is 0 Å². The molecular formula is C58H35N3O. The molecule has 0 radical (unpaired) electrons. The lowest BCUT2D eigenvalue weighted by Gasteiger charge is -2.30. The fraction of sp³-hybridized carbons (Fsp3) is 0.0172. The number of fused-ring (bicyclic) bond motifs is 13. The summed E-state index contributed by atoms with van der Waals surface area (Å²) in [7, 11) is 0. The molecule has 4 heteroatoms. The van der Waals surface area contributed by atoms with Crippen LogP contribution in [0.4, 0.5) is 0 Å². The number of nitrogens with zero attached hydrogens (tertiary/aromatic N) is 3. The molecule has 288 valence electrons. The van der Waals surface area contributed by atoms with Crippen LogP contribution in [0.15, 0.2) is 217 Å². The highest BCUT2D eigenvalue weighted by Crippen LogP contribution is 2.63. The SMILES string of the molecule is c1ccc(-c2nc(-c3ccccc3)nc(-c3cccc4c3oc3ccc(-c5ccc(-c6ccc7c(c6)C6(c8ccccc8-c8ccccc86)c6ccccc6-7)cc5)cc34)n2)cc1. The topological polar surface area (TPSA) is 51.8 Å². The lowest BCUT2D eigenvalue weighted by Crippen LogP contribution is -2.25. The number of para-hydroxylation sites is 1. The van der Waals surface area contributed by atoms with Gasteiger partial charge in [0.2, 0.25) is 0 Å². The van der Waals surface area contributed by atoms with Gasteiger partial charge in [0.15, 0.2) is 17.5 Å². The normalized spacial score (nSPS) is 13.0. The molecule has 2 aliphatic carbocycles. The van der Waals surface area contributed by atoms with E-state index in [1.807, 2.05) is 66.7 Å². The summed E-state index contributed by atoms with van der Waals surface area (Å²) in [6.45, 7) is 0. The zero-order valence-corrected chi connectivity index (χ0v) is 33.5. The van der Waals surface area contributed by atoms with Crippen LogP contribution in [0.3, 0.4) is 0 Å². The number of hydrogen-bond donors (Lipinski definition) is 0. The van der Waals surface area contributed by atoms with Gasteiger partial charge >= 0.3 is 0 Å². The first kappa shape index (κ1) is 34.6. The second-order valence-electron chi connectivity index (χ2n) is 16.3. The lowest BCUT2D eigenvalue weighted by atomic mass is 9.70. The van der Waals surface area contributed by atoms with E-state index in [9.17, 15) is 0 Å². The number of hydrogen-bond acceptors (Lipinski definition) is 4. The van der Waals surface area contributed by atoms with Gasteiger partial charge in [-0.3, -0.25) is 0 Å². The first-order valence-corrected chi connectivity index (χ1v) is 21.1. The van der Waals surface area contributed by atoms with Gasteiger partial charge in [0.05, 0.1) is 11.0 Å². The lowest BCUT2D eigenvalue weighted by molar-refractivity contribution is 0.669. The van der Waals surface area contributed by atoms with Crippen LogP contribution >= 0.6 is 0 Å². The predicted molar refractivity (Wildman–Crippen MR) is 251 cm³/mol. The van der Waals surface area contributed by atoms with Crippen molar-refractivity contribution in [2.45, 2.75) is 5.41 Å². The Morgan fingerprint density at radius 2 is 0.742 bits per heavy atom.